The van der Waals surface area contributed by atoms with Gasteiger partial charge in [0.1, 0.15) is 5.75 Å². The van der Waals surface area contributed by atoms with Crippen LogP contribution in [0.2, 0.25) is 0 Å². The summed E-state index contributed by atoms with van der Waals surface area (Å²) < 4.78 is 5.23. The number of hydrogen-bond donors (Lipinski definition) is 1. The highest BCUT2D eigenvalue weighted by Gasteiger charge is 2.34. The third-order valence-electron chi connectivity index (χ3n) is 5.97. The summed E-state index contributed by atoms with van der Waals surface area (Å²) in [5.74, 6) is 0.530. The predicted octanol–water partition coefficient (Wildman–Crippen LogP) is 2.81. The molecule has 0 saturated carbocycles. The van der Waals surface area contributed by atoms with E-state index >= 15 is 0 Å². The topological polar surface area (TPSA) is 61.9 Å². The number of hydrogen-bond acceptors (Lipinski definition) is 4. The van der Waals surface area contributed by atoms with Crippen molar-refractivity contribution in [2.24, 2.45) is 5.92 Å². The van der Waals surface area contributed by atoms with Gasteiger partial charge in [0.15, 0.2) is 0 Å². The van der Waals surface area contributed by atoms with Gasteiger partial charge in [0.2, 0.25) is 11.8 Å². The highest BCUT2D eigenvalue weighted by Crippen LogP contribution is 2.22. The number of carbonyl (C=O) groups excluding carboxylic acids is 2. The summed E-state index contributed by atoms with van der Waals surface area (Å²) in [4.78, 5) is 29.1. The summed E-state index contributed by atoms with van der Waals surface area (Å²) in [6, 6.07) is 16.3. The van der Waals surface area contributed by atoms with Gasteiger partial charge in [0, 0.05) is 26.1 Å². The van der Waals surface area contributed by atoms with E-state index in [4.69, 9.17) is 4.74 Å². The molecule has 2 unspecified atom stereocenters. The number of carbonyl (C=O) groups is 2. The molecule has 0 aromatic heterocycles. The molecule has 2 atom stereocenters. The van der Waals surface area contributed by atoms with E-state index in [0.29, 0.717) is 19.6 Å². The van der Waals surface area contributed by atoms with Gasteiger partial charge in [-0.15, -0.1) is 0 Å². The molecule has 0 spiro atoms. The van der Waals surface area contributed by atoms with E-state index in [9.17, 15) is 9.59 Å². The molecule has 0 radical (unpaired) electrons. The van der Waals surface area contributed by atoms with Gasteiger partial charge in [-0.2, -0.15) is 0 Å². The smallest absolute Gasteiger partial charge is 0.225 e. The minimum Gasteiger partial charge on any atom is -0.497 e. The molecule has 1 saturated heterocycles. The molecule has 2 aromatic carbocycles. The lowest BCUT2D eigenvalue weighted by molar-refractivity contribution is -0.129. The summed E-state index contributed by atoms with van der Waals surface area (Å²) in [6.07, 6.45) is 1.09. The minimum absolute atomic E-state index is 0.0459. The summed E-state index contributed by atoms with van der Waals surface area (Å²) in [5.41, 5.74) is 3.54. The first-order valence-corrected chi connectivity index (χ1v) is 10.8. The molecule has 31 heavy (non-hydrogen) atoms. The fourth-order valence-corrected chi connectivity index (χ4v) is 3.95. The summed E-state index contributed by atoms with van der Waals surface area (Å²) >= 11 is 0. The normalized spacial score (nSPS) is 17.1. The van der Waals surface area contributed by atoms with Gasteiger partial charge in [0.25, 0.3) is 0 Å². The molecule has 166 valence electrons. The lowest BCUT2D eigenvalue weighted by atomic mass is 10.0. The number of ether oxygens (including phenoxy) is 1. The molecule has 0 bridgehead atoms. The highest BCUT2D eigenvalue weighted by molar-refractivity contribution is 5.89. The molecule has 1 aliphatic rings. The van der Waals surface area contributed by atoms with Gasteiger partial charge in [-0.3, -0.25) is 9.59 Å². The molecule has 1 fully saturated rings. The highest BCUT2D eigenvalue weighted by atomic mass is 16.5. The molecule has 0 aliphatic carbocycles. The molecule has 1 heterocycles. The van der Waals surface area contributed by atoms with Gasteiger partial charge in [0.05, 0.1) is 19.1 Å². The van der Waals surface area contributed by atoms with Crippen molar-refractivity contribution >= 4 is 11.8 Å². The van der Waals surface area contributed by atoms with Crippen molar-refractivity contribution in [3.63, 3.8) is 0 Å². The van der Waals surface area contributed by atoms with Crippen molar-refractivity contribution < 1.29 is 14.3 Å². The molecule has 1 N–H and O–H groups in total. The summed E-state index contributed by atoms with van der Waals surface area (Å²) in [6.45, 7) is 3.70. The van der Waals surface area contributed by atoms with Crippen LogP contribution in [0, 0.1) is 12.8 Å². The maximum Gasteiger partial charge on any atom is 0.225 e. The van der Waals surface area contributed by atoms with Crippen LogP contribution in [0.5, 0.6) is 5.75 Å². The van der Waals surface area contributed by atoms with Crippen LogP contribution in [0.25, 0.3) is 0 Å². The third kappa shape index (κ3) is 6.07. The molecule has 2 amide bonds. The largest absolute Gasteiger partial charge is 0.497 e. The standard InChI is InChI=1S/C25H33N3O3/c1-18-5-7-19(8-6-18)13-14-28-17-21(15-24(28)29)25(30)26-16-23(27(2)3)20-9-11-22(31-4)12-10-20/h5-12,21,23H,13-17H2,1-4H3,(H,26,30). The summed E-state index contributed by atoms with van der Waals surface area (Å²) in [7, 11) is 5.63. The van der Waals surface area contributed by atoms with Crippen LogP contribution in [-0.4, -0.2) is 62.5 Å². The van der Waals surface area contributed by atoms with Crippen LogP contribution in [-0.2, 0) is 16.0 Å². The number of nitrogens with zero attached hydrogens (tertiary/aromatic N) is 2. The number of aryl methyl sites for hydroxylation is 1. The van der Waals surface area contributed by atoms with Crippen LogP contribution < -0.4 is 10.1 Å². The number of likely N-dealkylation sites (N-methyl/N-ethyl adjacent to an activating group) is 1. The minimum atomic E-state index is -0.288. The Morgan fingerprint density at radius 1 is 1.16 bits per heavy atom. The first kappa shape index (κ1) is 22.8. The van der Waals surface area contributed by atoms with E-state index in [1.165, 1.54) is 11.1 Å². The fraction of sp³-hybridized carbons (Fsp3) is 0.440. The maximum atomic E-state index is 12.8. The first-order chi connectivity index (χ1) is 14.9. The van der Waals surface area contributed by atoms with Crippen molar-refractivity contribution in [3.8, 4) is 5.75 Å². The summed E-state index contributed by atoms with van der Waals surface area (Å²) in [5, 5.41) is 3.06. The van der Waals surface area contributed by atoms with Crippen molar-refractivity contribution in [1.29, 1.82) is 0 Å². The Morgan fingerprint density at radius 3 is 2.45 bits per heavy atom. The SMILES string of the molecule is COc1ccc(C(CNC(=O)C2CC(=O)N(CCc3ccc(C)cc3)C2)N(C)C)cc1. The molecular weight excluding hydrogens is 390 g/mol. The van der Waals surface area contributed by atoms with Crippen LogP contribution in [0.1, 0.15) is 29.2 Å². The molecule has 1 aliphatic heterocycles. The van der Waals surface area contributed by atoms with Crippen molar-refractivity contribution in [1.82, 2.24) is 15.1 Å². The van der Waals surface area contributed by atoms with E-state index in [2.05, 4.69) is 41.4 Å². The maximum absolute atomic E-state index is 12.8. The number of rotatable bonds is 9. The second-order valence-corrected chi connectivity index (χ2v) is 8.47. The van der Waals surface area contributed by atoms with E-state index in [1.54, 1.807) is 7.11 Å². The van der Waals surface area contributed by atoms with Gasteiger partial charge in [-0.25, -0.2) is 0 Å². The molecule has 2 aromatic rings. The van der Waals surface area contributed by atoms with E-state index in [-0.39, 0.29) is 30.2 Å². The Balaban J connectivity index is 1.52. The second kappa shape index (κ2) is 10.4. The number of amides is 2. The monoisotopic (exact) mass is 423 g/mol. The number of benzene rings is 2. The fourth-order valence-electron chi connectivity index (χ4n) is 3.95. The zero-order valence-electron chi connectivity index (χ0n) is 18.9. The quantitative estimate of drug-likeness (QED) is 0.674. The lowest BCUT2D eigenvalue weighted by Crippen LogP contribution is -2.38. The van der Waals surface area contributed by atoms with Crippen molar-refractivity contribution in [3.05, 3.63) is 65.2 Å². The Bertz CT molecular complexity index is 878. The lowest BCUT2D eigenvalue weighted by Gasteiger charge is -2.26. The number of methoxy groups -OCH3 is 1. The second-order valence-electron chi connectivity index (χ2n) is 8.47. The van der Waals surface area contributed by atoms with Gasteiger partial charge >= 0.3 is 0 Å². The van der Waals surface area contributed by atoms with E-state index in [1.807, 2.05) is 43.3 Å². The van der Waals surface area contributed by atoms with Crippen LogP contribution in [0.3, 0.4) is 0 Å². The Labute approximate surface area is 185 Å². The third-order valence-corrected chi connectivity index (χ3v) is 5.97. The number of nitrogens with one attached hydrogen (secondary N) is 1. The first-order valence-electron chi connectivity index (χ1n) is 10.8. The van der Waals surface area contributed by atoms with Gasteiger partial charge in [-0.05, 0) is 50.7 Å². The predicted molar refractivity (Wildman–Crippen MR) is 122 cm³/mol. The van der Waals surface area contributed by atoms with Crippen LogP contribution in [0.4, 0.5) is 0 Å². The Hall–Kier alpha value is -2.86. The van der Waals surface area contributed by atoms with E-state index in [0.717, 1.165) is 17.7 Å². The van der Waals surface area contributed by atoms with Crippen molar-refractivity contribution in [2.75, 3.05) is 40.8 Å². The average Bonchev–Trinajstić information content (AvgIpc) is 3.14. The van der Waals surface area contributed by atoms with Crippen molar-refractivity contribution in [2.45, 2.75) is 25.8 Å². The Kier molecular flexibility index (Phi) is 7.69. The molecule has 6 nitrogen and oxygen atoms in total. The van der Waals surface area contributed by atoms with Crippen LogP contribution in [0.15, 0.2) is 48.5 Å². The van der Waals surface area contributed by atoms with E-state index < -0.39 is 0 Å². The molecule has 6 heteroatoms. The number of likely N-dealkylation sites (tertiary alicyclic amines) is 1. The molecular formula is C25H33N3O3. The average molecular weight is 424 g/mol. The Morgan fingerprint density at radius 2 is 1.84 bits per heavy atom. The zero-order chi connectivity index (χ0) is 22.4. The van der Waals surface area contributed by atoms with Crippen LogP contribution >= 0.6 is 0 Å². The zero-order valence-corrected chi connectivity index (χ0v) is 18.9. The van der Waals surface area contributed by atoms with Gasteiger partial charge in [-0.1, -0.05) is 42.0 Å². The van der Waals surface area contributed by atoms with Gasteiger partial charge < -0.3 is 19.9 Å². The molecule has 3 rings (SSSR count).